The average Bonchev–Trinajstić information content (AvgIpc) is 3.31. The van der Waals surface area contributed by atoms with Gasteiger partial charge in [0.1, 0.15) is 17.6 Å². The highest BCUT2D eigenvalue weighted by Crippen LogP contribution is 2.27. The normalized spacial score (nSPS) is 10.3. The molecule has 0 aliphatic heterocycles. The van der Waals surface area contributed by atoms with Crippen LogP contribution in [0.3, 0.4) is 0 Å². The maximum absolute atomic E-state index is 12.4. The van der Waals surface area contributed by atoms with Gasteiger partial charge in [-0.2, -0.15) is 5.26 Å². The van der Waals surface area contributed by atoms with E-state index in [0.717, 1.165) is 16.8 Å². The van der Waals surface area contributed by atoms with Crippen LogP contribution < -0.4 is 5.32 Å². The number of esters is 1. The van der Waals surface area contributed by atoms with Crippen LogP contribution in [0, 0.1) is 25.2 Å². The standard InChI is InChI=1S/C21H20N4O3/c1-14-15(2)25(12-16-7-4-3-5-8-16)20(17(14)11-22)24-19(26)13-28-21(27)18-9-6-10-23-18/h3-10,23H,12-13H2,1-2H3,(H,24,26). The largest absolute Gasteiger partial charge is 0.451 e. The molecule has 0 aliphatic rings. The van der Waals surface area contributed by atoms with Crippen LogP contribution in [0.1, 0.15) is 32.9 Å². The Balaban J connectivity index is 1.78. The summed E-state index contributed by atoms with van der Waals surface area (Å²) in [6.07, 6.45) is 1.60. The molecule has 0 radical (unpaired) electrons. The number of aromatic nitrogens is 2. The highest BCUT2D eigenvalue weighted by atomic mass is 16.5. The number of anilines is 1. The Bertz CT molecular complexity index is 1030. The van der Waals surface area contributed by atoms with E-state index in [1.54, 1.807) is 18.3 Å². The number of aromatic amines is 1. The lowest BCUT2D eigenvalue weighted by Gasteiger charge is -2.13. The molecule has 2 aromatic heterocycles. The Morgan fingerprint density at radius 1 is 1.18 bits per heavy atom. The average molecular weight is 376 g/mol. The van der Waals surface area contributed by atoms with Gasteiger partial charge in [-0.1, -0.05) is 30.3 Å². The maximum atomic E-state index is 12.4. The van der Waals surface area contributed by atoms with Crippen molar-refractivity contribution in [3.8, 4) is 6.07 Å². The fourth-order valence-electron chi connectivity index (χ4n) is 2.93. The first-order valence-corrected chi connectivity index (χ1v) is 8.75. The molecular formula is C21H20N4O3. The fraction of sp³-hybridized carbons (Fsp3) is 0.190. The zero-order valence-corrected chi connectivity index (χ0v) is 15.7. The zero-order valence-electron chi connectivity index (χ0n) is 15.7. The molecule has 0 spiro atoms. The molecule has 0 unspecified atom stereocenters. The quantitative estimate of drug-likeness (QED) is 0.646. The second kappa shape index (κ2) is 8.27. The van der Waals surface area contributed by atoms with Crippen molar-refractivity contribution in [3.05, 3.63) is 76.7 Å². The van der Waals surface area contributed by atoms with Crippen LogP contribution in [0.2, 0.25) is 0 Å². The van der Waals surface area contributed by atoms with E-state index in [1.165, 1.54) is 0 Å². The van der Waals surface area contributed by atoms with Crippen LogP contribution in [-0.4, -0.2) is 28.0 Å². The first-order chi connectivity index (χ1) is 13.5. The minimum Gasteiger partial charge on any atom is -0.451 e. The Kier molecular flexibility index (Phi) is 5.61. The third-order valence-electron chi connectivity index (χ3n) is 4.53. The van der Waals surface area contributed by atoms with Gasteiger partial charge in [-0.3, -0.25) is 4.79 Å². The van der Waals surface area contributed by atoms with Crippen LogP contribution in [0.5, 0.6) is 0 Å². The molecule has 1 amide bonds. The number of amides is 1. The number of H-pyrrole nitrogens is 1. The van der Waals surface area contributed by atoms with Crippen LogP contribution >= 0.6 is 0 Å². The number of nitriles is 1. The number of carbonyl (C=O) groups is 2. The molecule has 7 nitrogen and oxygen atoms in total. The van der Waals surface area contributed by atoms with E-state index in [4.69, 9.17) is 4.74 Å². The molecule has 1 aromatic carbocycles. The third kappa shape index (κ3) is 3.96. The number of benzene rings is 1. The molecule has 28 heavy (non-hydrogen) atoms. The molecule has 0 saturated carbocycles. The van der Waals surface area contributed by atoms with Gasteiger partial charge in [-0.05, 0) is 37.1 Å². The molecule has 0 saturated heterocycles. The van der Waals surface area contributed by atoms with Crippen molar-refractivity contribution in [1.82, 2.24) is 9.55 Å². The lowest BCUT2D eigenvalue weighted by atomic mass is 10.2. The summed E-state index contributed by atoms with van der Waals surface area (Å²) >= 11 is 0. The van der Waals surface area contributed by atoms with Crippen molar-refractivity contribution in [3.63, 3.8) is 0 Å². The molecule has 142 valence electrons. The highest BCUT2D eigenvalue weighted by molar-refractivity contribution is 5.95. The van der Waals surface area contributed by atoms with E-state index in [-0.39, 0.29) is 5.69 Å². The van der Waals surface area contributed by atoms with E-state index < -0.39 is 18.5 Å². The van der Waals surface area contributed by atoms with E-state index in [9.17, 15) is 14.9 Å². The smallest absolute Gasteiger partial charge is 0.355 e. The summed E-state index contributed by atoms with van der Waals surface area (Å²) in [6, 6.07) is 15.1. The number of hydrogen-bond acceptors (Lipinski definition) is 4. The first-order valence-electron chi connectivity index (χ1n) is 8.75. The van der Waals surface area contributed by atoms with Crippen molar-refractivity contribution >= 4 is 17.7 Å². The number of ether oxygens (including phenoxy) is 1. The van der Waals surface area contributed by atoms with E-state index in [2.05, 4.69) is 16.4 Å². The monoisotopic (exact) mass is 376 g/mol. The molecule has 7 heteroatoms. The van der Waals surface area contributed by atoms with Crippen molar-refractivity contribution in [2.45, 2.75) is 20.4 Å². The summed E-state index contributed by atoms with van der Waals surface area (Å²) in [5.41, 5.74) is 3.40. The summed E-state index contributed by atoms with van der Waals surface area (Å²) < 4.78 is 6.90. The highest BCUT2D eigenvalue weighted by Gasteiger charge is 2.20. The molecule has 0 bridgehead atoms. The Morgan fingerprint density at radius 3 is 2.57 bits per heavy atom. The molecule has 2 N–H and O–H groups in total. The van der Waals surface area contributed by atoms with Gasteiger partial charge in [0, 0.05) is 18.4 Å². The van der Waals surface area contributed by atoms with Crippen molar-refractivity contribution < 1.29 is 14.3 Å². The SMILES string of the molecule is Cc1c(C#N)c(NC(=O)COC(=O)c2ccc[nH]2)n(Cc2ccccc2)c1C. The molecular weight excluding hydrogens is 356 g/mol. The molecule has 3 rings (SSSR count). The van der Waals surface area contributed by atoms with Gasteiger partial charge in [0.15, 0.2) is 6.61 Å². The van der Waals surface area contributed by atoms with Gasteiger partial charge in [-0.15, -0.1) is 0 Å². The van der Waals surface area contributed by atoms with Crippen LogP contribution in [0.25, 0.3) is 0 Å². The van der Waals surface area contributed by atoms with Gasteiger partial charge >= 0.3 is 5.97 Å². The first kappa shape index (κ1) is 19.0. The van der Waals surface area contributed by atoms with Gasteiger partial charge in [0.25, 0.3) is 5.91 Å². The van der Waals surface area contributed by atoms with Crippen molar-refractivity contribution in [2.75, 3.05) is 11.9 Å². The topological polar surface area (TPSA) is 99.9 Å². The number of carbonyl (C=O) groups excluding carboxylic acids is 2. The van der Waals surface area contributed by atoms with Crippen LogP contribution in [0.4, 0.5) is 5.82 Å². The van der Waals surface area contributed by atoms with Crippen LogP contribution in [-0.2, 0) is 16.1 Å². The van der Waals surface area contributed by atoms with Gasteiger partial charge in [-0.25, -0.2) is 4.79 Å². The lowest BCUT2D eigenvalue weighted by Crippen LogP contribution is -2.23. The predicted octanol–water partition coefficient (Wildman–Crippen LogP) is 3.15. The lowest BCUT2D eigenvalue weighted by molar-refractivity contribution is -0.119. The molecule has 0 fully saturated rings. The Labute approximate surface area is 162 Å². The molecule has 0 atom stereocenters. The van der Waals surface area contributed by atoms with E-state index in [1.807, 2.05) is 48.7 Å². The second-order valence-corrected chi connectivity index (χ2v) is 6.33. The summed E-state index contributed by atoms with van der Waals surface area (Å²) in [4.78, 5) is 26.9. The number of nitrogens with one attached hydrogen (secondary N) is 2. The summed E-state index contributed by atoms with van der Waals surface area (Å²) in [6.45, 7) is 3.81. The van der Waals surface area contributed by atoms with Crippen molar-refractivity contribution in [2.24, 2.45) is 0 Å². The van der Waals surface area contributed by atoms with E-state index in [0.29, 0.717) is 17.9 Å². The van der Waals surface area contributed by atoms with Crippen LogP contribution in [0.15, 0.2) is 48.7 Å². The molecule has 2 heterocycles. The number of rotatable bonds is 6. The number of nitrogens with zero attached hydrogens (tertiary/aromatic N) is 2. The predicted molar refractivity (Wildman–Crippen MR) is 104 cm³/mol. The number of hydrogen-bond donors (Lipinski definition) is 2. The molecule has 3 aromatic rings. The van der Waals surface area contributed by atoms with Gasteiger partial charge < -0.3 is 19.6 Å². The zero-order chi connectivity index (χ0) is 20.1. The minimum atomic E-state index is -0.618. The van der Waals surface area contributed by atoms with Gasteiger partial charge in [0.05, 0.1) is 5.56 Å². The third-order valence-corrected chi connectivity index (χ3v) is 4.53. The maximum Gasteiger partial charge on any atom is 0.355 e. The minimum absolute atomic E-state index is 0.268. The fourth-order valence-corrected chi connectivity index (χ4v) is 2.93. The summed E-state index contributed by atoms with van der Waals surface area (Å²) in [5.74, 6) is -0.724. The summed E-state index contributed by atoms with van der Waals surface area (Å²) in [5, 5.41) is 12.3. The Hall–Kier alpha value is -3.79. The Morgan fingerprint density at radius 2 is 1.93 bits per heavy atom. The van der Waals surface area contributed by atoms with Crippen molar-refractivity contribution in [1.29, 1.82) is 5.26 Å². The van der Waals surface area contributed by atoms with E-state index >= 15 is 0 Å². The second-order valence-electron chi connectivity index (χ2n) is 6.33. The summed E-state index contributed by atoms with van der Waals surface area (Å²) in [7, 11) is 0. The van der Waals surface area contributed by atoms with Gasteiger partial charge in [0.2, 0.25) is 0 Å². The molecule has 0 aliphatic carbocycles.